The number of hydrogen-bond donors (Lipinski definition) is 0. The first-order chi connectivity index (χ1) is 36.7. The Balaban J connectivity index is 1.13. The SMILES string of the molecule is c1ccc(-c2nc(-c3cccnc3)cc(-c3cc(-c4cc(-c5cccnc5)nc(-c5ccccn5)n4)c4cc(N5c6ccccc6Oc6ccccc65)cc(N5c6ccccc6Sc6ccccc65)c4c3)n2)nc1. The van der Waals surface area contributed by atoms with Gasteiger partial charge in [0.05, 0.1) is 51.2 Å². The van der Waals surface area contributed by atoms with E-state index < -0.39 is 0 Å². The molecule has 0 fully saturated rings. The predicted octanol–water partition coefficient (Wildman–Crippen LogP) is 15.5. The van der Waals surface area contributed by atoms with Crippen LogP contribution in [-0.2, 0) is 0 Å². The Kier molecular flexibility index (Phi) is 10.5. The molecule has 0 N–H and O–H groups in total. The second-order valence-corrected chi connectivity index (χ2v) is 18.8. The van der Waals surface area contributed by atoms with Crippen LogP contribution in [0.2, 0.25) is 0 Å². The van der Waals surface area contributed by atoms with Crippen LogP contribution in [0.4, 0.5) is 34.1 Å². The zero-order chi connectivity index (χ0) is 49.0. The van der Waals surface area contributed by atoms with Crippen molar-refractivity contribution in [2.45, 2.75) is 9.79 Å². The Morgan fingerprint density at radius 1 is 0.351 bits per heavy atom. The van der Waals surface area contributed by atoms with Crippen LogP contribution in [0.1, 0.15) is 0 Å². The minimum Gasteiger partial charge on any atom is -0.453 e. The maximum absolute atomic E-state index is 6.60. The molecule has 348 valence electrons. The van der Waals surface area contributed by atoms with E-state index in [1.165, 1.54) is 0 Å². The summed E-state index contributed by atoms with van der Waals surface area (Å²) in [5.74, 6) is 2.46. The highest BCUT2D eigenvalue weighted by Crippen LogP contribution is 2.56. The number of hydrogen-bond acceptors (Lipinski definition) is 12. The van der Waals surface area contributed by atoms with E-state index in [4.69, 9.17) is 34.6 Å². The highest BCUT2D eigenvalue weighted by atomic mass is 32.2. The molecule has 2 aliphatic rings. The first-order valence-corrected chi connectivity index (χ1v) is 24.8. The van der Waals surface area contributed by atoms with Crippen LogP contribution in [0, 0.1) is 0 Å². The van der Waals surface area contributed by atoms with Crippen LogP contribution in [0.5, 0.6) is 11.5 Å². The summed E-state index contributed by atoms with van der Waals surface area (Å²) in [6.45, 7) is 0. The molecule has 0 radical (unpaired) electrons. The lowest BCUT2D eigenvalue weighted by Gasteiger charge is -2.36. The first-order valence-electron chi connectivity index (χ1n) is 24.0. The zero-order valence-electron chi connectivity index (χ0n) is 39.2. The summed E-state index contributed by atoms with van der Waals surface area (Å²) in [7, 11) is 0. The van der Waals surface area contributed by atoms with Gasteiger partial charge in [-0.05, 0) is 139 Å². The number of fused-ring (bicyclic) bond motifs is 5. The standard InChI is InChI=1S/C62H38N10OS/c1-5-23-57-52(19-1)71(53-20-2-6-24-58(53)73-57)42-33-43-44(51-36-49(40-16-14-28-64-38-40)68-62(70-51)47-18-10-12-30-66-47)31-41(50-35-48(39-15-13-27-63-37-39)67-61(69-50)46-17-9-11-29-65-46)32-45(43)56(34-42)72-54-21-3-7-25-59(54)74-60-26-8-4-22-55(60)72/h1-38H. The van der Waals surface area contributed by atoms with Crippen molar-refractivity contribution in [1.82, 2.24) is 39.9 Å². The highest BCUT2D eigenvalue weighted by molar-refractivity contribution is 7.99. The number of anilines is 6. The van der Waals surface area contributed by atoms with E-state index in [1.54, 1.807) is 36.5 Å². The lowest BCUT2D eigenvalue weighted by atomic mass is 9.93. The van der Waals surface area contributed by atoms with Crippen molar-refractivity contribution in [3.05, 3.63) is 231 Å². The van der Waals surface area contributed by atoms with E-state index in [0.717, 1.165) is 88.4 Å². The molecular weight excluding hydrogens is 933 g/mol. The molecule has 0 unspecified atom stereocenters. The maximum atomic E-state index is 6.60. The molecule has 6 aromatic heterocycles. The monoisotopic (exact) mass is 970 g/mol. The summed E-state index contributed by atoms with van der Waals surface area (Å²) < 4.78 is 6.60. The van der Waals surface area contributed by atoms with Gasteiger partial charge in [0.1, 0.15) is 11.4 Å². The molecule has 2 aliphatic heterocycles. The number of ether oxygens (including phenoxy) is 1. The maximum Gasteiger partial charge on any atom is 0.179 e. The van der Waals surface area contributed by atoms with Gasteiger partial charge in [-0.25, -0.2) is 19.9 Å². The quantitative estimate of drug-likeness (QED) is 0.144. The van der Waals surface area contributed by atoms with Crippen LogP contribution in [0.25, 0.3) is 78.8 Å². The molecule has 0 aliphatic carbocycles. The fraction of sp³-hybridized carbons (Fsp3) is 0. The molecule has 14 rings (SSSR count). The van der Waals surface area contributed by atoms with Gasteiger partial charge in [-0.3, -0.25) is 19.9 Å². The Morgan fingerprint density at radius 3 is 1.42 bits per heavy atom. The van der Waals surface area contributed by atoms with Crippen LogP contribution in [0.15, 0.2) is 241 Å². The van der Waals surface area contributed by atoms with E-state index in [9.17, 15) is 0 Å². The summed E-state index contributed by atoms with van der Waals surface area (Å²) in [5, 5.41) is 1.89. The molecule has 0 saturated heterocycles. The van der Waals surface area contributed by atoms with Crippen molar-refractivity contribution in [2.24, 2.45) is 0 Å². The molecule has 11 nitrogen and oxygen atoms in total. The van der Waals surface area contributed by atoms with E-state index in [1.807, 2.05) is 103 Å². The lowest BCUT2D eigenvalue weighted by molar-refractivity contribution is 0.477. The number of pyridine rings is 4. The third-order valence-electron chi connectivity index (χ3n) is 13.1. The van der Waals surface area contributed by atoms with Crippen LogP contribution in [0.3, 0.4) is 0 Å². The smallest absolute Gasteiger partial charge is 0.179 e. The molecular formula is C62H38N10OS. The van der Waals surface area contributed by atoms with Gasteiger partial charge >= 0.3 is 0 Å². The van der Waals surface area contributed by atoms with Crippen molar-refractivity contribution in [2.75, 3.05) is 9.80 Å². The van der Waals surface area contributed by atoms with Gasteiger partial charge in [0.15, 0.2) is 23.1 Å². The molecule has 0 amide bonds. The number of para-hydroxylation sites is 6. The van der Waals surface area contributed by atoms with Gasteiger partial charge in [0.25, 0.3) is 0 Å². The van der Waals surface area contributed by atoms with Crippen molar-refractivity contribution in [3.8, 4) is 79.6 Å². The fourth-order valence-corrected chi connectivity index (χ4v) is 10.8. The molecule has 0 atom stereocenters. The van der Waals surface area contributed by atoms with E-state index in [-0.39, 0.29) is 0 Å². The highest BCUT2D eigenvalue weighted by Gasteiger charge is 2.31. The second kappa shape index (κ2) is 18.0. The zero-order valence-corrected chi connectivity index (χ0v) is 40.0. The lowest BCUT2D eigenvalue weighted by Crippen LogP contribution is -2.18. The summed E-state index contributed by atoms with van der Waals surface area (Å²) in [6, 6.07) is 66.2. The minimum atomic E-state index is 0.474. The Hall–Kier alpha value is -9.91. The van der Waals surface area contributed by atoms with E-state index in [2.05, 4.69) is 123 Å². The fourth-order valence-electron chi connectivity index (χ4n) is 9.77. The Labute approximate surface area is 429 Å². The molecule has 12 heteroatoms. The number of benzene rings is 6. The van der Waals surface area contributed by atoms with Gasteiger partial charge in [0.2, 0.25) is 0 Å². The van der Waals surface area contributed by atoms with Gasteiger partial charge in [-0.15, -0.1) is 0 Å². The van der Waals surface area contributed by atoms with Crippen molar-refractivity contribution in [3.63, 3.8) is 0 Å². The van der Waals surface area contributed by atoms with Gasteiger partial charge in [-0.2, -0.15) is 0 Å². The molecule has 74 heavy (non-hydrogen) atoms. The molecule has 0 spiro atoms. The summed E-state index contributed by atoms with van der Waals surface area (Å²) in [6.07, 6.45) is 10.7. The van der Waals surface area contributed by atoms with Crippen molar-refractivity contribution in [1.29, 1.82) is 0 Å². The van der Waals surface area contributed by atoms with Gasteiger partial charge in [-0.1, -0.05) is 72.4 Å². The van der Waals surface area contributed by atoms with Crippen LogP contribution in [-0.4, -0.2) is 39.9 Å². The average Bonchev–Trinajstić information content (AvgIpc) is 3.48. The van der Waals surface area contributed by atoms with Gasteiger partial charge in [0, 0.05) is 80.3 Å². The number of aromatic nitrogens is 8. The Bertz CT molecular complexity index is 3900. The normalized spacial score (nSPS) is 12.3. The second-order valence-electron chi connectivity index (χ2n) is 17.7. The number of nitrogens with zero attached hydrogens (tertiary/aromatic N) is 10. The average molecular weight is 971 g/mol. The third-order valence-corrected chi connectivity index (χ3v) is 14.3. The van der Waals surface area contributed by atoms with Crippen LogP contribution < -0.4 is 14.5 Å². The molecule has 0 bridgehead atoms. The topological polar surface area (TPSA) is 119 Å². The summed E-state index contributed by atoms with van der Waals surface area (Å²) >= 11 is 1.77. The largest absolute Gasteiger partial charge is 0.453 e. The Morgan fingerprint density at radius 2 is 0.865 bits per heavy atom. The molecule has 12 aromatic rings. The van der Waals surface area contributed by atoms with Crippen LogP contribution >= 0.6 is 11.8 Å². The van der Waals surface area contributed by atoms with Gasteiger partial charge < -0.3 is 14.5 Å². The first kappa shape index (κ1) is 42.9. The third kappa shape index (κ3) is 7.65. The summed E-state index contributed by atoms with van der Waals surface area (Å²) in [4.78, 5) is 46.5. The number of rotatable bonds is 8. The van der Waals surface area contributed by atoms with Crippen molar-refractivity contribution >= 4 is 56.7 Å². The van der Waals surface area contributed by atoms with E-state index >= 15 is 0 Å². The predicted molar refractivity (Wildman–Crippen MR) is 292 cm³/mol. The minimum absolute atomic E-state index is 0.474. The van der Waals surface area contributed by atoms with Crippen molar-refractivity contribution < 1.29 is 4.74 Å². The molecule has 0 saturated carbocycles. The molecule has 6 aromatic carbocycles. The summed E-state index contributed by atoms with van der Waals surface area (Å²) in [5.41, 5.74) is 13.2. The van der Waals surface area contributed by atoms with E-state index in [0.29, 0.717) is 45.8 Å². The molecule has 8 heterocycles.